The van der Waals surface area contributed by atoms with Gasteiger partial charge in [0.25, 0.3) is 0 Å². The first-order valence-corrected chi connectivity index (χ1v) is 5.05. The van der Waals surface area contributed by atoms with E-state index < -0.39 is 0 Å². The van der Waals surface area contributed by atoms with Gasteiger partial charge >= 0.3 is 0 Å². The van der Waals surface area contributed by atoms with Crippen molar-refractivity contribution in [3.8, 4) is 0 Å². The maximum absolute atomic E-state index is 3.74. The van der Waals surface area contributed by atoms with E-state index in [1.54, 1.807) is 0 Å². The van der Waals surface area contributed by atoms with Crippen molar-refractivity contribution >= 4 is 0 Å². The molecule has 0 atom stereocenters. The first-order chi connectivity index (χ1) is 5.62. The Morgan fingerprint density at radius 3 is 2.15 bits per heavy atom. The van der Waals surface area contributed by atoms with E-state index in [1.165, 1.54) is 36.8 Å². The number of quaternary nitrogens is 1. The Morgan fingerprint density at radius 1 is 1.15 bits per heavy atom. The van der Waals surface area contributed by atoms with E-state index in [4.69, 9.17) is 0 Å². The Kier molecular flexibility index (Phi) is 11.0. The Bertz CT molecular complexity index is 121. The molecule has 0 aliphatic heterocycles. The number of halogens is 1. The molecule has 0 saturated heterocycles. The van der Waals surface area contributed by atoms with Crippen LogP contribution in [0.1, 0.15) is 32.6 Å². The normalized spacial score (nSPS) is 10.7. The van der Waals surface area contributed by atoms with Gasteiger partial charge in [-0.2, -0.15) is 0 Å². The number of hydrogen-bond acceptors (Lipinski definition) is 0. The summed E-state index contributed by atoms with van der Waals surface area (Å²) < 4.78 is 1.17. The molecule has 80 valence electrons. The highest BCUT2D eigenvalue weighted by molar-refractivity contribution is 4.65. The molecule has 0 aliphatic carbocycles. The summed E-state index contributed by atoms with van der Waals surface area (Å²) in [4.78, 5) is 0. The summed E-state index contributed by atoms with van der Waals surface area (Å²) in [7, 11) is 4.64. The van der Waals surface area contributed by atoms with Gasteiger partial charge in [-0.1, -0.05) is 19.4 Å². The fourth-order valence-corrected chi connectivity index (χ4v) is 1.36. The second kappa shape index (κ2) is 9.00. The molecule has 0 unspecified atom stereocenters. The van der Waals surface area contributed by atoms with E-state index in [-0.39, 0.29) is 24.0 Å². The van der Waals surface area contributed by atoms with E-state index >= 15 is 0 Å². The predicted molar refractivity (Wildman–Crippen MR) is 56.2 cm³/mol. The smallest absolute Gasteiger partial charge is 0.0785 e. The summed E-state index contributed by atoms with van der Waals surface area (Å²) in [5.41, 5.74) is 0. The van der Waals surface area contributed by atoms with Gasteiger partial charge in [-0.15, -0.1) is 6.58 Å². The number of rotatable bonds is 7. The summed E-state index contributed by atoms with van der Waals surface area (Å²) in [6.45, 7) is 8.59. The monoisotopic (exact) mass is 297 g/mol. The summed E-state index contributed by atoms with van der Waals surface area (Å²) >= 11 is 0. The molecule has 0 bridgehead atoms. The Morgan fingerprint density at radius 2 is 1.69 bits per heavy atom. The highest BCUT2D eigenvalue weighted by Gasteiger charge is 2.12. The lowest BCUT2D eigenvalue weighted by Crippen LogP contribution is -3.00. The molecule has 2 heteroatoms. The van der Waals surface area contributed by atoms with Crippen LogP contribution in [0.3, 0.4) is 0 Å². The molecule has 0 amide bonds. The van der Waals surface area contributed by atoms with Crippen LogP contribution >= 0.6 is 0 Å². The molecule has 0 saturated carbocycles. The lowest BCUT2D eigenvalue weighted by Gasteiger charge is -2.29. The van der Waals surface area contributed by atoms with Crippen LogP contribution < -0.4 is 24.0 Å². The van der Waals surface area contributed by atoms with Crippen molar-refractivity contribution in [2.75, 3.05) is 27.2 Å². The largest absolute Gasteiger partial charge is 1.00 e. The second-order valence-corrected chi connectivity index (χ2v) is 4.17. The van der Waals surface area contributed by atoms with Gasteiger partial charge < -0.3 is 28.5 Å². The topological polar surface area (TPSA) is 0 Å². The zero-order valence-corrected chi connectivity index (χ0v) is 11.5. The van der Waals surface area contributed by atoms with Gasteiger partial charge in [0.15, 0.2) is 0 Å². The molecule has 13 heavy (non-hydrogen) atoms. The van der Waals surface area contributed by atoms with Crippen molar-refractivity contribution in [3.63, 3.8) is 0 Å². The quantitative estimate of drug-likeness (QED) is 0.265. The summed E-state index contributed by atoms with van der Waals surface area (Å²) in [5, 5.41) is 0. The zero-order chi connectivity index (χ0) is 9.45. The van der Waals surface area contributed by atoms with Gasteiger partial charge in [0.05, 0.1) is 27.2 Å². The van der Waals surface area contributed by atoms with Crippen LogP contribution in [-0.2, 0) is 0 Å². The van der Waals surface area contributed by atoms with Crippen molar-refractivity contribution in [2.45, 2.75) is 32.6 Å². The molecule has 0 aromatic heterocycles. The average Bonchev–Trinajstić information content (AvgIpc) is 2.01. The van der Waals surface area contributed by atoms with Gasteiger partial charge in [-0.05, 0) is 19.3 Å². The van der Waals surface area contributed by atoms with Crippen LogP contribution in [0, 0.1) is 0 Å². The van der Waals surface area contributed by atoms with Gasteiger partial charge in [0.1, 0.15) is 0 Å². The molecule has 0 aromatic rings. The Hall–Kier alpha value is 0.430. The fourth-order valence-electron chi connectivity index (χ4n) is 1.36. The van der Waals surface area contributed by atoms with Crippen LogP contribution in [0.4, 0.5) is 0 Å². The van der Waals surface area contributed by atoms with Gasteiger partial charge in [-0.25, -0.2) is 0 Å². The van der Waals surface area contributed by atoms with Gasteiger partial charge in [0.2, 0.25) is 0 Å². The molecule has 1 nitrogen and oxygen atoms in total. The molecule has 0 heterocycles. The average molecular weight is 297 g/mol. The van der Waals surface area contributed by atoms with Crippen LogP contribution in [0.15, 0.2) is 12.7 Å². The Balaban J connectivity index is 0. The molecule has 0 spiro atoms. The lowest BCUT2D eigenvalue weighted by molar-refractivity contribution is -0.890. The third kappa shape index (κ3) is 10.4. The molecule has 0 radical (unpaired) electrons. The minimum atomic E-state index is 0. The predicted octanol–water partition coefficient (Wildman–Crippen LogP) is -0.167. The second-order valence-electron chi connectivity index (χ2n) is 4.17. The molecular weight excluding hydrogens is 273 g/mol. The van der Waals surface area contributed by atoms with E-state index in [1.807, 2.05) is 6.08 Å². The van der Waals surface area contributed by atoms with Crippen molar-refractivity contribution in [1.82, 2.24) is 0 Å². The number of nitrogens with zero attached hydrogens (tertiary/aromatic N) is 1. The third-order valence-electron chi connectivity index (χ3n) is 2.29. The van der Waals surface area contributed by atoms with Crippen LogP contribution in [0.2, 0.25) is 0 Å². The number of unbranched alkanes of at least 4 members (excludes halogenated alkanes) is 2. The first kappa shape index (κ1) is 15.9. The number of hydrogen-bond donors (Lipinski definition) is 0. The maximum atomic E-state index is 3.74. The van der Waals surface area contributed by atoms with Gasteiger partial charge in [-0.3, -0.25) is 0 Å². The summed E-state index contributed by atoms with van der Waals surface area (Å²) in [6, 6.07) is 0. The highest BCUT2D eigenvalue weighted by atomic mass is 127. The SMILES string of the molecule is C=CCCC[N+](C)(C)CCCC.[I-]. The molecular formula is C11H24IN. The highest BCUT2D eigenvalue weighted by Crippen LogP contribution is 2.04. The Labute approximate surface area is 101 Å². The van der Waals surface area contributed by atoms with Crippen molar-refractivity contribution in [3.05, 3.63) is 12.7 Å². The van der Waals surface area contributed by atoms with E-state index in [9.17, 15) is 0 Å². The molecule has 0 aliphatic rings. The first-order valence-electron chi connectivity index (χ1n) is 5.05. The van der Waals surface area contributed by atoms with Crippen molar-refractivity contribution in [2.24, 2.45) is 0 Å². The standard InChI is InChI=1S/C11H24N.HI/c1-5-7-9-11-12(3,4)10-8-6-2;/h5H,1,6-11H2,2-4H3;1H/q+1;/p-1. The minimum Gasteiger partial charge on any atom is -1.00 e. The van der Waals surface area contributed by atoms with Gasteiger partial charge in [0, 0.05) is 0 Å². The molecule has 0 aromatic carbocycles. The molecule has 0 N–H and O–H groups in total. The van der Waals surface area contributed by atoms with Crippen LogP contribution in [-0.4, -0.2) is 31.7 Å². The maximum Gasteiger partial charge on any atom is 0.0785 e. The van der Waals surface area contributed by atoms with Crippen LogP contribution in [0.25, 0.3) is 0 Å². The lowest BCUT2D eigenvalue weighted by atomic mass is 10.2. The van der Waals surface area contributed by atoms with E-state index in [0.717, 1.165) is 6.42 Å². The fraction of sp³-hybridized carbons (Fsp3) is 0.818. The van der Waals surface area contributed by atoms with Crippen molar-refractivity contribution < 1.29 is 28.5 Å². The van der Waals surface area contributed by atoms with Crippen molar-refractivity contribution in [1.29, 1.82) is 0 Å². The molecule has 0 rings (SSSR count). The van der Waals surface area contributed by atoms with E-state index in [0.29, 0.717) is 0 Å². The van der Waals surface area contributed by atoms with E-state index in [2.05, 4.69) is 27.6 Å². The summed E-state index contributed by atoms with van der Waals surface area (Å²) in [6.07, 6.45) is 7.11. The molecule has 0 fully saturated rings. The minimum absolute atomic E-state index is 0. The third-order valence-corrected chi connectivity index (χ3v) is 2.29. The zero-order valence-electron chi connectivity index (χ0n) is 9.35. The van der Waals surface area contributed by atoms with Crippen LogP contribution in [0.5, 0.6) is 0 Å². The number of allylic oxidation sites excluding steroid dienone is 1. The summed E-state index contributed by atoms with van der Waals surface area (Å²) in [5.74, 6) is 0.